The molecule has 2 N–H and O–H groups in total. The molecule has 1 aliphatic heterocycles. The number of hydrogen-bond acceptors (Lipinski definition) is 2. The standard InChI is InChI=1S/C17H23N3O2/c1-12-4-2-3-5-15(12)19-16(21)13-6-8-14(9-7-13)20-11-10-18-17(20)22/h6-9,12,15H,2-5,10-11H2,1H3,(H,18,22)(H,19,21). The molecular weight excluding hydrogens is 278 g/mol. The Kier molecular flexibility index (Phi) is 4.32. The lowest BCUT2D eigenvalue weighted by Gasteiger charge is -2.29. The van der Waals surface area contributed by atoms with E-state index in [0.29, 0.717) is 24.6 Å². The van der Waals surface area contributed by atoms with Gasteiger partial charge in [-0.15, -0.1) is 0 Å². The van der Waals surface area contributed by atoms with Gasteiger partial charge in [0.05, 0.1) is 0 Å². The molecule has 0 radical (unpaired) electrons. The summed E-state index contributed by atoms with van der Waals surface area (Å²) in [7, 11) is 0. The quantitative estimate of drug-likeness (QED) is 0.901. The minimum absolute atomic E-state index is 0.0174. The number of hydrogen-bond donors (Lipinski definition) is 2. The van der Waals surface area contributed by atoms with Gasteiger partial charge in [0.15, 0.2) is 0 Å². The molecule has 5 nitrogen and oxygen atoms in total. The van der Waals surface area contributed by atoms with Gasteiger partial charge in [0.2, 0.25) is 0 Å². The first-order chi connectivity index (χ1) is 10.6. The summed E-state index contributed by atoms with van der Waals surface area (Å²) in [5.74, 6) is 0.529. The van der Waals surface area contributed by atoms with Crippen LogP contribution in [-0.2, 0) is 0 Å². The van der Waals surface area contributed by atoms with Crippen molar-refractivity contribution >= 4 is 17.6 Å². The average Bonchev–Trinajstić information content (AvgIpc) is 2.96. The summed E-state index contributed by atoms with van der Waals surface area (Å²) in [6, 6.07) is 7.47. The number of amides is 3. The summed E-state index contributed by atoms with van der Waals surface area (Å²) >= 11 is 0. The number of carbonyl (C=O) groups excluding carboxylic acids is 2. The van der Waals surface area contributed by atoms with Crippen LogP contribution in [0.15, 0.2) is 24.3 Å². The molecule has 3 rings (SSSR count). The number of rotatable bonds is 3. The molecule has 2 fully saturated rings. The van der Waals surface area contributed by atoms with Crippen molar-refractivity contribution in [3.05, 3.63) is 29.8 Å². The summed E-state index contributed by atoms with van der Waals surface area (Å²) in [5.41, 5.74) is 1.48. The van der Waals surface area contributed by atoms with Gasteiger partial charge in [-0.1, -0.05) is 19.8 Å². The fourth-order valence-electron chi connectivity index (χ4n) is 3.29. The van der Waals surface area contributed by atoms with E-state index in [1.54, 1.807) is 17.0 Å². The minimum Gasteiger partial charge on any atom is -0.349 e. The summed E-state index contributed by atoms with van der Waals surface area (Å²) in [6.07, 6.45) is 4.71. The van der Waals surface area contributed by atoms with Crippen molar-refractivity contribution in [1.29, 1.82) is 0 Å². The van der Waals surface area contributed by atoms with E-state index < -0.39 is 0 Å². The highest BCUT2D eigenvalue weighted by molar-refractivity contribution is 5.97. The number of carbonyl (C=O) groups is 2. The van der Waals surface area contributed by atoms with Crippen molar-refractivity contribution in [3.8, 4) is 0 Å². The van der Waals surface area contributed by atoms with Crippen molar-refractivity contribution in [2.75, 3.05) is 18.0 Å². The van der Waals surface area contributed by atoms with Crippen LogP contribution in [0.4, 0.5) is 10.5 Å². The molecule has 0 spiro atoms. The summed E-state index contributed by atoms with van der Waals surface area (Å²) in [6.45, 7) is 3.55. The van der Waals surface area contributed by atoms with E-state index in [9.17, 15) is 9.59 Å². The van der Waals surface area contributed by atoms with Crippen LogP contribution in [0.3, 0.4) is 0 Å². The molecule has 22 heavy (non-hydrogen) atoms. The largest absolute Gasteiger partial charge is 0.349 e. The minimum atomic E-state index is -0.0757. The zero-order chi connectivity index (χ0) is 15.5. The molecule has 1 heterocycles. The predicted octanol–water partition coefficient (Wildman–Crippen LogP) is 2.52. The Bertz CT molecular complexity index is 556. The number of nitrogens with zero attached hydrogens (tertiary/aromatic N) is 1. The van der Waals surface area contributed by atoms with E-state index in [1.165, 1.54) is 19.3 Å². The van der Waals surface area contributed by atoms with Crippen molar-refractivity contribution in [2.45, 2.75) is 38.6 Å². The Hall–Kier alpha value is -2.04. The molecule has 2 atom stereocenters. The Morgan fingerprint density at radius 1 is 1.23 bits per heavy atom. The zero-order valence-electron chi connectivity index (χ0n) is 13.0. The van der Waals surface area contributed by atoms with E-state index in [0.717, 1.165) is 12.1 Å². The first kappa shape index (κ1) is 14.9. The second-order valence-corrected chi connectivity index (χ2v) is 6.27. The lowest BCUT2D eigenvalue weighted by Crippen LogP contribution is -2.41. The van der Waals surface area contributed by atoms with Gasteiger partial charge in [-0.2, -0.15) is 0 Å². The first-order valence-electron chi connectivity index (χ1n) is 8.11. The Labute approximate surface area is 131 Å². The third kappa shape index (κ3) is 3.08. The molecule has 3 amide bonds. The topological polar surface area (TPSA) is 61.4 Å². The van der Waals surface area contributed by atoms with Crippen LogP contribution < -0.4 is 15.5 Å². The van der Waals surface area contributed by atoms with E-state index in [2.05, 4.69) is 17.6 Å². The van der Waals surface area contributed by atoms with Gasteiger partial charge in [-0.25, -0.2) is 4.79 Å². The van der Waals surface area contributed by atoms with Crippen molar-refractivity contribution < 1.29 is 9.59 Å². The van der Waals surface area contributed by atoms with Crippen molar-refractivity contribution in [2.24, 2.45) is 5.92 Å². The first-order valence-corrected chi connectivity index (χ1v) is 8.11. The molecule has 118 valence electrons. The normalized spacial score (nSPS) is 25.0. The smallest absolute Gasteiger partial charge is 0.321 e. The molecule has 0 aromatic heterocycles. The molecule has 5 heteroatoms. The number of benzene rings is 1. The van der Waals surface area contributed by atoms with Crippen LogP contribution >= 0.6 is 0 Å². The van der Waals surface area contributed by atoms with Gasteiger partial charge in [0.1, 0.15) is 0 Å². The van der Waals surface area contributed by atoms with Gasteiger partial charge < -0.3 is 10.6 Å². The zero-order valence-corrected chi connectivity index (χ0v) is 13.0. The van der Waals surface area contributed by atoms with E-state index in [4.69, 9.17) is 0 Å². The van der Waals surface area contributed by atoms with Gasteiger partial charge >= 0.3 is 6.03 Å². The summed E-state index contributed by atoms with van der Waals surface area (Å²) < 4.78 is 0. The summed E-state index contributed by atoms with van der Waals surface area (Å²) in [5, 5.41) is 5.92. The van der Waals surface area contributed by atoms with Crippen LogP contribution in [0.5, 0.6) is 0 Å². The maximum absolute atomic E-state index is 12.4. The van der Waals surface area contributed by atoms with Crippen LogP contribution in [-0.4, -0.2) is 31.1 Å². The maximum Gasteiger partial charge on any atom is 0.321 e. The highest BCUT2D eigenvalue weighted by Gasteiger charge is 2.24. The summed E-state index contributed by atoms with van der Waals surface area (Å²) in [4.78, 5) is 25.7. The van der Waals surface area contributed by atoms with Crippen molar-refractivity contribution in [1.82, 2.24) is 10.6 Å². The highest BCUT2D eigenvalue weighted by atomic mass is 16.2. The van der Waals surface area contributed by atoms with Crippen molar-refractivity contribution in [3.63, 3.8) is 0 Å². The van der Waals surface area contributed by atoms with Gasteiger partial charge in [0.25, 0.3) is 5.91 Å². The molecule has 1 aromatic rings. The number of anilines is 1. The van der Waals surface area contributed by atoms with Crippen LogP contribution in [0, 0.1) is 5.92 Å². The van der Waals surface area contributed by atoms with Gasteiger partial charge in [-0.05, 0) is 43.0 Å². The molecule has 1 aliphatic carbocycles. The third-order valence-electron chi connectivity index (χ3n) is 4.73. The predicted molar refractivity (Wildman–Crippen MR) is 86.1 cm³/mol. The molecule has 2 unspecified atom stereocenters. The Balaban J connectivity index is 1.64. The van der Waals surface area contributed by atoms with E-state index in [1.807, 2.05) is 12.1 Å². The van der Waals surface area contributed by atoms with Gasteiger partial charge in [0, 0.05) is 30.4 Å². The number of nitrogens with one attached hydrogen (secondary N) is 2. The van der Waals surface area contributed by atoms with Crippen LogP contribution in [0.1, 0.15) is 43.0 Å². The molecule has 1 aromatic carbocycles. The van der Waals surface area contributed by atoms with E-state index >= 15 is 0 Å². The fourth-order valence-corrected chi connectivity index (χ4v) is 3.29. The highest BCUT2D eigenvalue weighted by Crippen LogP contribution is 2.24. The average molecular weight is 301 g/mol. The second kappa shape index (κ2) is 6.38. The van der Waals surface area contributed by atoms with Gasteiger partial charge in [-0.3, -0.25) is 9.69 Å². The van der Waals surface area contributed by atoms with Crippen LogP contribution in [0.2, 0.25) is 0 Å². The molecule has 0 bridgehead atoms. The molecular formula is C17H23N3O2. The molecule has 1 saturated carbocycles. The molecule has 1 saturated heterocycles. The Morgan fingerprint density at radius 2 is 1.95 bits per heavy atom. The Morgan fingerprint density at radius 3 is 2.59 bits per heavy atom. The fraction of sp³-hybridized carbons (Fsp3) is 0.529. The van der Waals surface area contributed by atoms with Crippen LogP contribution in [0.25, 0.3) is 0 Å². The third-order valence-corrected chi connectivity index (χ3v) is 4.73. The number of urea groups is 1. The lowest BCUT2D eigenvalue weighted by atomic mass is 9.86. The second-order valence-electron chi connectivity index (χ2n) is 6.27. The van der Waals surface area contributed by atoms with E-state index in [-0.39, 0.29) is 18.0 Å². The lowest BCUT2D eigenvalue weighted by molar-refractivity contribution is 0.0910. The monoisotopic (exact) mass is 301 g/mol. The maximum atomic E-state index is 12.4. The molecule has 2 aliphatic rings. The SMILES string of the molecule is CC1CCCCC1NC(=O)c1ccc(N2CCNC2=O)cc1.